The zero-order valence-corrected chi connectivity index (χ0v) is 50.8. The standard InChI is InChI=1S/C16H12O2.C16H12O.5C10H8O2/c17-15-8-4-7-12-9-16(18)13(10-14(12)15)11-5-2-1-3-6-11;17-16-11-10-13(12-6-2-1-3-7-12)14-8-4-5-9-15(14)16;11-9-3-1-7-2-4-10(12)6-8(7)5-9;11-9-5-1-3-7-8(9)4-2-6-10(7)12;11-8-5-1-3-7-4-2-6-9(12)10(7)8;11-8-4-5-9-7(6-8)2-1-3-10(9)12;11-8-5-4-7-2-1-3-10(12)9(7)6-8/h1-10,17-18H;1-11,17H;5*1-6,11-12H. The number of aromatic hydroxyl groups is 13. The second kappa shape index (κ2) is 30.0. The molecule has 0 atom stereocenters. The Kier molecular flexibility index (Phi) is 20.5. The summed E-state index contributed by atoms with van der Waals surface area (Å²) in [5.74, 6) is 2.67. The van der Waals surface area contributed by atoms with Gasteiger partial charge in [0.1, 0.15) is 74.7 Å². The van der Waals surface area contributed by atoms with Gasteiger partial charge in [-0.25, -0.2) is 0 Å². The van der Waals surface area contributed by atoms with Gasteiger partial charge in [-0.05, 0) is 170 Å². The molecule has 16 aromatic rings. The van der Waals surface area contributed by atoms with Crippen molar-refractivity contribution in [3.8, 4) is 97.0 Å². The average molecular weight is 1260 g/mol. The average Bonchev–Trinajstić information content (AvgIpc) is 0.855. The molecule has 16 aromatic carbocycles. The maximum atomic E-state index is 10.1. The van der Waals surface area contributed by atoms with E-state index < -0.39 is 0 Å². The molecule has 0 aliphatic rings. The highest BCUT2D eigenvalue weighted by atomic mass is 16.3. The molecule has 13 nitrogen and oxygen atoms in total. The highest BCUT2D eigenvalue weighted by Crippen LogP contribution is 2.38. The van der Waals surface area contributed by atoms with E-state index in [0.717, 1.165) is 70.6 Å². The minimum absolute atomic E-state index is 0.116. The van der Waals surface area contributed by atoms with E-state index in [1.807, 2.05) is 127 Å². The van der Waals surface area contributed by atoms with Crippen LogP contribution >= 0.6 is 0 Å². The fraction of sp³-hybridized carbons (Fsp3) is 0. The van der Waals surface area contributed by atoms with Crippen LogP contribution in [0.25, 0.3) is 97.7 Å². The molecule has 0 amide bonds. The van der Waals surface area contributed by atoms with E-state index in [1.54, 1.807) is 170 Å². The molecule has 13 heteroatoms. The Balaban J connectivity index is 0.000000122. The summed E-state index contributed by atoms with van der Waals surface area (Å²) in [6, 6.07) is 91.1. The van der Waals surface area contributed by atoms with E-state index >= 15 is 0 Å². The first-order valence-corrected chi connectivity index (χ1v) is 29.8. The lowest BCUT2D eigenvalue weighted by molar-refractivity contribution is 0.463. The summed E-state index contributed by atoms with van der Waals surface area (Å²) in [4.78, 5) is 0. The molecule has 0 saturated heterocycles. The van der Waals surface area contributed by atoms with Gasteiger partial charge in [-0.2, -0.15) is 0 Å². The molecule has 0 bridgehead atoms. The SMILES string of the molecule is Oc1cc2cccc(O)c2cc1-c1ccccc1.Oc1ccc(-c2ccccc2)c2ccccc12.Oc1ccc2c(O)cccc2c1.Oc1ccc2ccc(O)cc2c1.Oc1ccc2cccc(O)c2c1.Oc1cccc2c(O)cccc12.Oc1cccc2cccc(O)c12. The normalized spacial score (nSPS) is 10.4. The molecule has 0 radical (unpaired) electrons. The lowest BCUT2D eigenvalue weighted by Crippen LogP contribution is -1.81. The van der Waals surface area contributed by atoms with Crippen LogP contribution < -0.4 is 0 Å². The van der Waals surface area contributed by atoms with Crippen LogP contribution in [-0.4, -0.2) is 66.4 Å². The lowest BCUT2D eigenvalue weighted by atomic mass is 9.98. The molecule has 0 unspecified atom stereocenters. The Bertz CT molecular complexity index is 5160. The van der Waals surface area contributed by atoms with Gasteiger partial charge in [0.15, 0.2) is 0 Å². The van der Waals surface area contributed by atoms with Gasteiger partial charge in [-0.1, -0.05) is 194 Å². The van der Waals surface area contributed by atoms with E-state index in [1.165, 1.54) is 5.56 Å². The van der Waals surface area contributed by atoms with Crippen LogP contribution in [-0.2, 0) is 0 Å². The van der Waals surface area contributed by atoms with Gasteiger partial charge >= 0.3 is 0 Å². The Morgan fingerprint density at radius 2 is 0.495 bits per heavy atom. The second-order valence-corrected chi connectivity index (χ2v) is 21.7. The minimum atomic E-state index is 0.116. The molecule has 0 fully saturated rings. The zero-order valence-electron chi connectivity index (χ0n) is 50.8. The molecule has 13 N–H and O–H groups in total. The van der Waals surface area contributed by atoms with Crippen molar-refractivity contribution in [3.05, 3.63) is 309 Å². The molecule has 95 heavy (non-hydrogen) atoms. The molecular formula is C82H64O13. The van der Waals surface area contributed by atoms with Crippen LogP contribution in [0.1, 0.15) is 0 Å². The van der Waals surface area contributed by atoms with Gasteiger partial charge in [0.25, 0.3) is 0 Å². The van der Waals surface area contributed by atoms with Crippen molar-refractivity contribution >= 4 is 75.4 Å². The first-order chi connectivity index (χ1) is 46.0. The van der Waals surface area contributed by atoms with Crippen LogP contribution in [0.15, 0.2) is 309 Å². The van der Waals surface area contributed by atoms with Crippen LogP contribution in [0.3, 0.4) is 0 Å². The Morgan fingerprint density at radius 1 is 0.147 bits per heavy atom. The third-order valence-corrected chi connectivity index (χ3v) is 15.3. The largest absolute Gasteiger partial charge is 0.508 e. The van der Waals surface area contributed by atoms with E-state index in [4.69, 9.17) is 20.4 Å². The van der Waals surface area contributed by atoms with E-state index in [0.29, 0.717) is 27.3 Å². The maximum absolute atomic E-state index is 10.1. The summed E-state index contributed by atoms with van der Waals surface area (Å²) in [5, 5.41) is 134. The minimum Gasteiger partial charge on any atom is -0.508 e. The van der Waals surface area contributed by atoms with E-state index in [2.05, 4.69) is 12.1 Å². The van der Waals surface area contributed by atoms with Crippen molar-refractivity contribution in [2.75, 3.05) is 0 Å². The van der Waals surface area contributed by atoms with Crippen molar-refractivity contribution in [1.82, 2.24) is 0 Å². The summed E-state index contributed by atoms with van der Waals surface area (Å²) >= 11 is 0. The lowest BCUT2D eigenvalue weighted by Gasteiger charge is -2.08. The number of phenols is 13. The predicted octanol–water partition coefficient (Wildman–Crippen LogP) is 19.4. The number of hydrogen-bond acceptors (Lipinski definition) is 13. The van der Waals surface area contributed by atoms with Gasteiger partial charge < -0.3 is 66.4 Å². The van der Waals surface area contributed by atoms with Crippen LogP contribution in [0.5, 0.6) is 74.7 Å². The molecule has 470 valence electrons. The van der Waals surface area contributed by atoms with Gasteiger partial charge in [-0.3, -0.25) is 0 Å². The monoisotopic (exact) mass is 1260 g/mol. The first kappa shape index (κ1) is 64.7. The molecule has 0 aliphatic heterocycles. The highest BCUT2D eigenvalue weighted by Gasteiger charge is 2.10. The van der Waals surface area contributed by atoms with Gasteiger partial charge in [0.05, 0.1) is 5.39 Å². The second-order valence-electron chi connectivity index (χ2n) is 21.7. The number of fused-ring (bicyclic) bond motifs is 7. The fourth-order valence-corrected chi connectivity index (χ4v) is 10.6. The van der Waals surface area contributed by atoms with Crippen molar-refractivity contribution in [2.45, 2.75) is 0 Å². The van der Waals surface area contributed by atoms with Crippen molar-refractivity contribution in [2.24, 2.45) is 0 Å². The van der Waals surface area contributed by atoms with Crippen molar-refractivity contribution < 1.29 is 66.4 Å². The Hall–Kier alpha value is -13.3. The predicted molar refractivity (Wildman–Crippen MR) is 380 cm³/mol. The summed E-state index contributed by atoms with van der Waals surface area (Å²) in [6.07, 6.45) is 0. The Labute approximate surface area is 545 Å². The van der Waals surface area contributed by atoms with Crippen LogP contribution in [0.4, 0.5) is 0 Å². The molecule has 0 aromatic heterocycles. The third kappa shape index (κ3) is 16.0. The van der Waals surface area contributed by atoms with Crippen LogP contribution in [0, 0.1) is 0 Å². The summed E-state index contributed by atoms with van der Waals surface area (Å²) in [5.41, 5.74) is 3.98. The molecule has 0 saturated carbocycles. The molecule has 0 spiro atoms. The zero-order chi connectivity index (χ0) is 67.0. The smallest absolute Gasteiger partial charge is 0.127 e. The van der Waals surface area contributed by atoms with Gasteiger partial charge in [0, 0.05) is 37.9 Å². The molecule has 16 rings (SSSR count). The van der Waals surface area contributed by atoms with E-state index in [9.17, 15) is 46.0 Å². The highest BCUT2D eigenvalue weighted by molar-refractivity contribution is 6.00. The number of rotatable bonds is 2. The van der Waals surface area contributed by atoms with Gasteiger partial charge in [0.2, 0.25) is 0 Å². The maximum Gasteiger partial charge on any atom is 0.127 e. The topological polar surface area (TPSA) is 263 Å². The van der Waals surface area contributed by atoms with Gasteiger partial charge in [-0.15, -0.1) is 0 Å². The van der Waals surface area contributed by atoms with E-state index in [-0.39, 0.29) is 69.0 Å². The first-order valence-electron chi connectivity index (χ1n) is 29.8. The number of benzene rings is 16. The van der Waals surface area contributed by atoms with Crippen molar-refractivity contribution in [3.63, 3.8) is 0 Å². The van der Waals surface area contributed by atoms with Crippen molar-refractivity contribution in [1.29, 1.82) is 0 Å². The number of phenolic OH excluding ortho intramolecular Hbond substituents is 13. The summed E-state index contributed by atoms with van der Waals surface area (Å²) < 4.78 is 0. The summed E-state index contributed by atoms with van der Waals surface area (Å²) in [6.45, 7) is 0. The molecule has 0 aliphatic carbocycles. The fourth-order valence-electron chi connectivity index (χ4n) is 10.6. The third-order valence-electron chi connectivity index (χ3n) is 15.3. The number of hydrogen-bond donors (Lipinski definition) is 13. The Morgan fingerprint density at radius 3 is 1.02 bits per heavy atom. The summed E-state index contributed by atoms with van der Waals surface area (Å²) in [7, 11) is 0. The quantitative estimate of drug-likeness (QED) is 0.0769. The van der Waals surface area contributed by atoms with Crippen LogP contribution in [0.2, 0.25) is 0 Å². The molecular weight excluding hydrogens is 1190 g/mol. The molecule has 0 heterocycles.